The molecule has 2 N–H and O–H groups in total. The van der Waals surface area contributed by atoms with Crippen molar-refractivity contribution in [1.29, 1.82) is 0 Å². The number of carbonyl (C=O) groups excluding carboxylic acids is 1. The molecule has 0 saturated carbocycles. The molecule has 1 aromatic heterocycles. The molecule has 3 rings (SSSR count). The molecule has 2 heterocycles. The summed E-state index contributed by atoms with van der Waals surface area (Å²) < 4.78 is 5.31. The molecule has 22 heavy (non-hydrogen) atoms. The molecular weight excluding hydrogens is 282 g/mol. The van der Waals surface area contributed by atoms with Crippen LogP contribution in [-0.2, 0) is 0 Å². The second-order valence-corrected chi connectivity index (χ2v) is 5.30. The summed E-state index contributed by atoms with van der Waals surface area (Å²) in [5, 5.41) is 13.5. The number of ether oxygens (including phenoxy) is 1. The van der Waals surface area contributed by atoms with Crippen molar-refractivity contribution in [2.45, 2.75) is 19.0 Å². The molecule has 1 atom stereocenters. The van der Waals surface area contributed by atoms with Gasteiger partial charge in [-0.25, -0.2) is 0 Å². The minimum atomic E-state index is -0.158. The summed E-state index contributed by atoms with van der Waals surface area (Å²) in [5.74, 6) is 0.335. The zero-order chi connectivity index (χ0) is 15.5. The number of nitrogens with zero attached hydrogens (tertiary/aromatic N) is 3. The number of likely N-dealkylation sites (tertiary alicyclic amines) is 1. The topological polar surface area (TPSA) is 83.1 Å². The Bertz CT molecular complexity index is 696. The highest BCUT2D eigenvalue weighted by Gasteiger charge is 2.26. The van der Waals surface area contributed by atoms with Gasteiger partial charge < -0.3 is 10.1 Å². The molecule has 1 amide bonds. The van der Waals surface area contributed by atoms with Crippen molar-refractivity contribution >= 4 is 16.9 Å². The highest BCUT2D eigenvalue weighted by molar-refractivity contribution is 6.00. The molecule has 7 nitrogen and oxygen atoms in total. The first-order chi connectivity index (χ1) is 10.7. The van der Waals surface area contributed by atoms with Gasteiger partial charge in [0.2, 0.25) is 0 Å². The van der Waals surface area contributed by atoms with E-state index in [-0.39, 0.29) is 12.1 Å². The van der Waals surface area contributed by atoms with Gasteiger partial charge in [-0.1, -0.05) is 11.3 Å². The third-order valence-electron chi connectivity index (χ3n) is 3.92. The quantitative estimate of drug-likeness (QED) is 0.813. The van der Waals surface area contributed by atoms with E-state index in [1.165, 1.54) is 7.11 Å². The highest BCUT2D eigenvalue weighted by atomic mass is 16.5. The molecule has 1 aliphatic rings. The van der Waals surface area contributed by atoms with Crippen molar-refractivity contribution in [2.24, 2.45) is 0 Å². The Morgan fingerprint density at radius 1 is 1.64 bits per heavy atom. The zero-order valence-corrected chi connectivity index (χ0v) is 12.5. The van der Waals surface area contributed by atoms with E-state index >= 15 is 0 Å². The van der Waals surface area contributed by atoms with E-state index in [0.717, 1.165) is 25.9 Å². The lowest BCUT2D eigenvalue weighted by molar-refractivity contribution is 0.0890. The summed E-state index contributed by atoms with van der Waals surface area (Å²) in [6.07, 6.45) is 3.90. The standard InChI is InChI=1S/C15H19N5O2/c1-3-6-20-7-4-5-14(20)16-15(21)10-8-11-12(18-19-17-11)9-13(10)22-2/h3,8-9,14H,1,4-7H2,2H3,(H,16,21)(H,17,18,19). The summed E-state index contributed by atoms with van der Waals surface area (Å²) in [7, 11) is 1.54. The fourth-order valence-electron chi connectivity index (χ4n) is 2.82. The molecule has 0 bridgehead atoms. The Balaban J connectivity index is 1.83. The largest absolute Gasteiger partial charge is 0.496 e. The lowest BCUT2D eigenvalue weighted by Gasteiger charge is -2.24. The number of benzene rings is 1. The summed E-state index contributed by atoms with van der Waals surface area (Å²) in [6, 6.07) is 3.43. The second-order valence-electron chi connectivity index (χ2n) is 5.30. The third-order valence-corrected chi connectivity index (χ3v) is 3.92. The van der Waals surface area contributed by atoms with Crippen molar-refractivity contribution in [1.82, 2.24) is 25.6 Å². The van der Waals surface area contributed by atoms with Crippen LogP contribution in [0.1, 0.15) is 23.2 Å². The van der Waals surface area contributed by atoms with E-state index in [1.54, 1.807) is 12.1 Å². The smallest absolute Gasteiger partial charge is 0.256 e. The average Bonchev–Trinajstić information content (AvgIpc) is 3.15. The van der Waals surface area contributed by atoms with E-state index in [0.29, 0.717) is 22.3 Å². The summed E-state index contributed by atoms with van der Waals surface area (Å²) in [5.41, 5.74) is 1.86. The van der Waals surface area contributed by atoms with Crippen LogP contribution in [0.25, 0.3) is 11.0 Å². The molecule has 1 saturated heterocycles. The maximum absolute atomic E-state index is 12.6. The van der Waals surface area contributed by atoms with Crippen LogP contribution in [0.3, 0.4) is 0 Å². The molecule has 2 aromatic rings. The fourth-order valence-corrected chi connectivity index (χ4v) is 2.82. The van der Waals surface area contributed by atoms with Crippen LogP contribution in [0.2, 0.25) is 0 Å². The van der Waals surface area contributed by atoms with Gasteiger partial charge in [-0.05, 0) is 18.9 Å². The first-order valence-corrected chi connectivity index (χ1v) is 7.27. The number of amides is 1. The minimum absolute atomic E-state index is 0.0331. The van der Waals surface area contributed by atoms with Crippen LogP contribution in [-0.4, -0.2) is 52.6 Å². The summed E-state index contributed by atoms with van der Waals surface area (Å²) >= 11 is 0. The van der Waals surface area contributed by atoms with Gasteiger partial charge in [0.05, 0.1) is 24.4 Å². The van der Waals surface area contributed by atoms with Crippen molar-refractivity contribution in [2.75, 3.05) is 20.2 Å². The lowest BCUT2D eigenvalue weighted by atomic mass is 10.1. The number of nitrogens with one attached hydrogen (secondary N) is 2. The number of rotatable bonds is 5. The van der Waals surface area contributed by atoms with Crippen LogP contribution in [0.15, 0.2) is 24.8 Å². The molecule has 0 aliphatic carbocycles. The SMILES string of the molecule is C=CCN1CCCC1NC(=O)c1cc2[nH]nnc2cc1OC. The van der Waals surface area contributed by atoms with Gasteiger partial charge in [0.15, 0.2) is 0 Å². The van der Waals surface area contributed by atoms with E-state index in [9.17, 15) is 4.79 Å². The van der Waals surface area contributed by atoms with Crippen LogP contribution < -0.4 is 10.1 Å². The summed E-state index contributed by atoms with van der Waals surface area (Å²) in [4.78, 5) is 14.8. The Kier molecular flexibility index (Phi) is 4.06. The number of aromatic nitrogens is 3. The maximum Gasteiger partial charge on any atom is 0.256 e. The molecule has 1 fully saturated rings. The van der Waals surface area contributed by atoms with Crippen molar-refractivity contribution in [3.63, 3.8) is 0 Å². The highest BCUT2D eigenvalue weighted by Crippen LogP contribution is 2.24. The molecule has 1 aromatic carbocycles. The van der Waals surface area contributed by atoms with Crippen LogP contribution in [0.4, 0.5) is 0 Å². The molecule has 7 heteroatoms. The average molecular weight is 301 g/mol. The lowest BCUT2D eigenvalue weighted by Crippen LogP contribution is -2.44. The van der Waals surface area contributed by atoms with Crippen molar-refractivity contribution in [3.8, 4) is 5.75 Å². The Morgan fingerprint density at radius 3 is 3.27 bits per heavy atom. The van der Waals surface area contributed by atoms with Gasteiger partial charge in [0, 0.05) is 19.2 Å². The maximum atomic E-state index is 12.6. The first-order valence-electron chi connectivity index (χ1n) is 7.27. The van der Waals surface area contributed by atoms with Crippen LogP contribution in [0, 0.1) is 0 Å². The van der Waals surface area contributed by atoms with Gasteiger partial charge in [0.1, 0.15) is 11.3 Å². The van der Waals surface area contributed by atoms with E-state index in [4.69, 9.17) is 4.74 Å². The van der Waals surface area contributed by atoms with E-state index in [2.05, 4.69) is 32.2 Å². The minimum Gasteiger partial charge on any atom is -0.496 e. The molecule has 1 unspecified atom stereocenters. The Morgan fingerprint density at radius 2 is 2.50 bits per heavy atom. The van der Waals surface area contributed by atoms with Crippen LogP contribution >= 0.6 is 0 Å². The van der Waals surface area contributed by atoms with E-state index < -0.39 is 0 Å². The van der Waals surface area contributed by atoms with Gasteiger partial charge >= 0.3 is 0 Å². The number of aromatic amines is 1. The normalized spacial score (nSPS) is 18.5. The number of hydrogen-bond donors (Lipinski definition) is 2. The van der Waals surface area contributed by atoms with Crippen molar-refractivity contribution < 1.29 is 9.53 Å². The fraction of sp³-hybridized carbons (Fsp3) is 0.400. The summed E-state index contributed by atoms with van der Waals surface area (Å²) in [6.45, 7) is 5.50. The predicted octanol–water partition coefficient (Wildman–Crippen LogP) is 1.30. The zero-order valence-electron chi connectivity index (χ0n) is 12.5. The number of hydrogen-bond acceptors (Lipinski definition) is 5. The predicted molar refractivity (Wildman–Crippen MR) is 82.7 cm³/mol. The number of carbonyl (C=O) groups is 1. The molecule has 1 aliphatic heterocycles. The third kappa shape index (κ3) is 2.67. The molecule has 0 spiro atoms. The molecule has 0 radical (unpaired) electrons. The van der Waals surface area contributed by atoms with Gasteiger partial charge in [-0.2, -0.15) is 0 Å². The van der Waals surface area contributed by atoms with Crippen LogP contribution in [0.5, 0.6) is 5.75 Å². The van der Waals surface area contributed by atoms with Gasteiger partial charge in [-0.3, -0.25) is 14.8 Å². The molecular formula is C15H19N5O2. The van der Waals surface area contributed by atoms with Gasteiger partial charge in [-0.15, -0.1) is 11.7 Å². The number of methoxy groups -OCH3 is 1. The Hall–Kier alpha value is -2.41. The number of fused-ring (bicyclic) bond motifs is 1. The second kappa shape index (κ2) is 6.15. The Labute approximate surface area is 128 Å². The van der Waals surface area contributed by atoms with E-state index in [1.807, 2.05) is 6.08 Å². The first kappa shape index (κ1) is 14.5. The monoisotopic (exact) mass is 301 g/mol. The molecule has 116 valence electrons. The van der Waals surface area contributed by atoms with Gasteiger partial charge in [0.25, 0.3) is 5.91 Å². The van der Waals surface area contributed by atoms with Crippen molar-refractivity contribution in [3.05, 3.63) is 30.4 Å². The number of H-pyrrole nitrogens is 1.